The van der Waals surface area contributed by atoms with Crippen molar-refractivity contribution in [2.75, 3.05) is 26.1 Å². The number of hydrogen-bond acceptors (Lipinski definition) is 5. The molecule has 124 valence electrons. The van der Waals surface area contributed by atoms with Gasteiger partial charge in [-0.1, -0.05) is 18.2 Å². The van der Waals surface area contributed by atoms with E-state index >= 15 is 0 Å². The third-order valence-corrected chi connectivity index (χ3v) is 3.93. The van der Waals surface area contributed by atoms with Crippen molar-refractivity contribution in [1.82, 2.24) is 9.97 Å². The molecule has 1 heterocycles. The smallest absolute Gasteiger partial charge is 0.160 e. The lowest BCUT2D eigenvalue weighted by atomic mass is 10.1. The average Bonchev–Trinajstić information content (AvgIpc) is 2.65. The number of para-hydroxylation sites is 1. The van der Waals surface area contributed by atoms with Gasteiger partial charge in [0.15, 0.2) is 11.5 Å². The van der Waals surface area contributed by atoms with E-state index in [-0.39, 0.29) is 0 Å². The zero-order valence-corrected chi connectivity index (χ0v) is 14.0. The second-order valence-corrected chi connectivity index (χ2v) is 5.46. The molecule has 0 saturated heterocycles. The molecule has 3 rings (SSSR count). The molecule has 1 N–H and O–H groups in total. The van der Waals surface area contributed by atoms with Gasteiger partial charge in [-0.2, -0.15) is 0 Å². The Morgan fingerprint density at radius 2 is 1.79 bits per heavy atom. The van der Waals surface area contributed by atoms with Crippen LogP contribution in [0.15, 0.2) is 48.8 Å². The predicted molar refractivity (Wildman–Crippen MR) is 95.9 cm³/mol. The number of nitrogens with one attached hydrogen (secondary N) is 1. The van der Waals surface area contributed by atoms with Crippen molar-refractivity contribution >= 4 is 16.7 Å². The number of nitrogens with zero attached hydrogens (tertiary/aromatic N) is 2. The molecule has 2 aromatic carbocycles. The van der Waals surface area contributed by atoms with Gasteiger partial charge in [0.1, 0.15) is 12.1 Å². The normalized spacial score (nSPS) is 10.6. The summed E-state index contributed by atoms with van der Waals surface area (Å²) in [6.45, 7) is 0.843. The lowest BCUT2D eigenvalue weighted by molar-refractivity contribution is 0.354. The number of rotatable bonds is 7. The number of hydrogen-bond donors (Lipinski definition) is 1. The highest BCUT2D eigenvalue weighted by molar-refractivity contribution is 5.88. The first-order chi connectivity index (χ1) is 11.8. The van der Waals surface area contributed by atoms with E-state index in [0.29, 0.717) is 0 Å². The van der Waals surface area contributed by atoms with Crippen LogP contribution in [-0.4, -0.2) is 30.7 Å². The van der Waals surface area contributed by atoms with Gasteiger partial charge in [-0.05, 0) is 42.7 Å². The molecule has 0 bridgehead atoms. The average molecular weight is 323 g/mol. The standard InChI is InChI=1S/C19H21N3O2/c1-23-17-10-9-14(12-18(17)24-2)6-5-11-20-19-15-7-3-4-8-16(15)21-13-22-19/h3-4,7-10,12-13H,5-6,11H2,1-2H3,(H,20,21,22). The Morgan fingerprint density at radius 1 is 0.958 bits per heavy atom. The Morgan fingerprint density at radius 3 is 2.62 bits per heavy atom. The maximum Gasteiger partial charge on any atom is 0.160 e. The van der Waals surface area contributed by atoms with Crippen LogP contribution in [0.25, 0.3) is 10.9 Å². The molecule has 0 saturated carbocycles. The maximum absolute atomic E-state index is 5.34. The van der Waals surface area contributed by atoms with E-state index in [9.17, 15) is 0 Å². The molecule has 0 unspecified atom stereocenters. The van der Waals surface area contributed by atoms with E-state index in [2.05, 4.69) is 21.4 Å². The Hall–Kier alpha value is -2.82. The fourth-order valence-electron chi connectivity index (χ4n) is 2.68. The lowest BCUT2D eigenvalue weighted by Gasteiger charge is -2.10. The van der Waals surface area contributed by atoms with Gasteiger partial charge in [0, 0.05) is 11.9 Å². The first kappa shape index (κ1) is 16.1. The van der Waals surface area contributed by atoms with E-state index in [4.69, 9.17) is 9.47 Å². The quantitative estimate of drug-likeness (QED) is 0.672. The molecule has 3 aromatic rings. The van der Waals surface area contributed by atoms with Crippen molar-refractivity contribution in [2.45, 2.75) is 12.8 Å². The third-order valence-electron chi connectivity index (χ3n) is 3.93. The Bertz CT molecular complexity index is 815. The van der Waals surface area contributed by atoms with Crippen LogP contribution in [0.5, 0.6) is 11.5 Å². The molecular weight excluding hydrogens is 302 g/mol. The van der Waals surface area contributed by atoms with Gasteiger partial charge in [0.05, 0.1) is 19.7 Å². The number of ether oxygens (including phenoxy) is 2. The van der Waals surface area contributed by atoms with Gasteiger partial charge in [-0.3, -0.25) is 0 Å². The van der Waals surface area contributed by atoms with Crippen LogP contribution in [0.4, 0.5) is 5.82 Å². The molecule has 5 nitrogen and oxygen atoms in total. The predicted octanol–water partition coefficient (Wildman–Crippen LogP) is 3.69. The molecular formula is C19H21N3O2. The van der Waals surface area contributed by atoms with E-state index in [1.54, 1.807) is 20.5 Å². The zero-order chi connectivity index (χ0) is 16.8. The van der Waals surface area contributed by atoms with Crippen molar-refractivity contribution < 1.29 is 9.47 Å². The second-order valence-electron chi connectivity index (χ2n) is 5.46. The van der Waals surface area contributed by atoms with Crippen LogP contribution in [0.2, 0.25) is 0 Å². The van der Waals surface area contributed by atoms with E-state index in [1.807, 2.05) is 36.4 Å². The van der Waals surface area contributed by atoms with Crippen LogP contribution in [0.1, 0.15) is 12.0 Å². The topological polar surface area (TPSA) is 56.3 Å². The summed E-state index contributed by atoms with van der Waals surface area (Å²) < 4.78 is 10.6. The fourth-order valence-corrected chi connectivity index (χ4v) is 2.68. The minimum absolute atomic E-state index is 0.756. The first-order valence-corrected chi connectivity index (χ1v) is 7.96. The molecule has 0 spiro atoms. The number of benzene rings is 2. The van der Waals surface area contributed by atoms with Crippen molar-refractivity contribution in [2.24, 2.45) is 0 Å². The molecule has 0 aliphatic heterocycles. The van der Waals surface area contributed by atoms with Gasteiger partial charge < -0.3 is 14.8 Å². The molecule has 0 amide bonds. The molecule has 0 atom stereocenters. The number of methoxy groups -OCH3 is 2. The molecule has 5 heteroatoms. The monoisotopic (exact) mass is 323 g/mol. The Labute approximate surface area is 141 Å². The van der Waals surface area contributed by atoms with Crippen LogP contribution in [0.3, 0.4) is 0 Å². The first-order valence-electron chi connectivity index (χ1n) is 7.96. The maximum atomic E-state index is 5.34. The van der Waals surface area contributed by atoms with Crippen molar-refractivity contribution in [1.29, 1.82) is 0 Å². The molecule has 1 aromatic heterocycles. The minimum Gasteiger partial charge on any atom is -0.493 e. The largest absolute Gasteiger partial charge is 0.493 e. The van der Waals surface area contributed by atoms with Gasteiger partial charge in [0.25, 0.3) is 0 Å². The van der Waals surface area contributed by atoms with Gasteiger partial charge in [0.2, 0.25) is 0 Å². The molecule has 0 aliphatic rings. The van der Waals surface area contributed by atoms with E-state index < -0.39 is 0 Å². The van der Waals surface area contributed by atoms with E-state index in [0.717, 1.165) is 47.6 Å². The summed E-state index contributed by atoms with van der Waals surface area (Å²) in [6, 6.07) is 14.0. The molecule has 24 heavy (non-hydrogen) atoms. The van der Waals surface area contributed by atoms with Crippen LogP contribution >= 0.6 is 0 Å². The number of aromatic nitrogens is 2. The summed E-state index contributed by atoms with van der Waals surface area (Å²) in [5.41, 5.74) is 2.18. The van der Waals surface area contributed by atoms with Gasteiger partial charge in [-0.15, -0.1) is 0 Å². The summed E-state index contributed by atoms with van der Waals surface area (Å²) in [5, 5.41) is 4.45. The summed E-state index contributed by atoms with van der Waals surface area (Å²) in [5.74, 6) is 2.41. The van der Waals surface area contributed by atoms with Crippen molar-refractivity contribution in [3.63, 3.8) is 0 Å². The Balaban J connectivity index is 1.59. The zero-order valence-electron chi connectivity index (χ0n) is 14.0. The summed E-state index contributed by atoms with van der Waals surface area (Å²) in [7, 11) is 3.30. The van der Waals surface area contributed by atoms with E-state index in [1.165, 1.54) is 5.56 Å². The van der Waals surface area contributed by atoms with Crippen LogP contribution in [0, 0.1) is 0 Å². The van der Waals surface area contributed by atoms with Gasteiger partial charge >= 0.3 is 0 Å². The SMILES string of the molecule is COc1ccc(CCCNc2ncnc3ccccc23)cc1OC. The molecule has 0 fully saturated rings. The van der Waals surface area contributed by atoms with Crippen LogP contribution in [-0.2, 0) is 6.42 Å². The summed E-state index contributed by atoms with van der Waals surface area (Å²) >= 11 is 0. The number of fused-ring (bicyclic) bond motifs is 1. The fraction of sp³-hybridized carbons (Fsp3) is 0.263. The number of anilines is 1. The van der Waals surface area contributed by atoms with Crippen LogP contribution < -0.4 is 14.8 Å². The molecule has 0 radical (unpaired) electrons. The highest BCUT2D eigenvalue weighted by atomic mass is 16.5. The summed E-state index contributed by atoms with van der Waals surface area (Å²) in [6.07, 6.45) is 3.54. The highest BCUT2D eigenvalue weighted by Crippen LogP contribution is 2.28. The summed E-state index contributed by atoms with van der Waals surface area (Å²) in [4.78, 5) is 8.62. The van der Waals surface area contributed by atoms with Crippen molar-refractivity contribution in [3.8, 4) is 11.5 Å². The highest BCUT2D eigenvalue weighted by Gasteiger charge is 2.05. The van der Waals surface area contributed by atoms with Gasteiger partial charge in [-0.25, -0.2) is 9.97 Å². The second kappa shape index (κ2) is 7.64. The lowest BCUT2D eigenvalue weighted by Crippen LogP contribution is -2.05. The number of aryl methyl sites for hydroxylation is 1. The molecule has 0 aliphatic carbocycles. The Kier molecular flexibility index (Phi) is 5.11. The third kappa shape index (κ3) is 3.56. The minimum atomic E-state index is 0.756. The van der Waals surface area contributed by atoms with Crippen molar-refractivity contribution in [3.05, 3.63) is 54.4 Å².